The molecule has 2 saturated heterocycles. The Hall–Kier alpha value is -0.963. The minimum atomic E-state index is -2.14. The number of hydrogen-bond acceptors (Lipinski definition) is 6. The van der Waals surface area contributed by atoms with Gasteiger partial charge in [-0.3, -0.25) is 0 Å². The van der Waals surface area contributed by atoms with Crippen LogP contribution in [0, 0.1) is 0 Å². The predicted octanol–water partition coefficient (Wildman–Crippen LogP) is 4.04. The topological polar surface area (TPSA) is 66.4 Å². The van der Waals surface area contributed by atoms with Crippen molar-refractivity contribution in [3.63, 3.8) is 0 Å². The molecule has 0 bridgehead atoms. The van der Waals surface area contributed by atoms with Crippen molar-refractivity contribution in [1.29, 1.82) is 0 Å². The van der Waals surface area contributed by atoms with Gasteiger partial charge < -0.3 is 28.5 Å². The second-order valence-corrected chi connectivity index (χ2v) is 14.8. The third kappa shape index (κ3) is 4.70. The Bertz CT molecular complexity index is 696. The summed E-state index contributed by atoms with van der Waals surface area (Å²) in [5.74, 6) is 0.0970. The molecule has 0 aliphatic carbocycles. The van der Waals surface area contributed by atoms with E-state index in [2.05, 4.69) is 33.9 Å². The average Bonchev–Trinajstić information content (AvgIpc) is 3.14. The Kier molecular flexibility index (Phi) is 6.22. The number of hydrogen-bond donors (Lipinski definition) is 1. The average molecular weight is 425 g/mol. The van der Waals surface area contributed by atoms with Gasteiger partial charge in [-0.1, -0.05) is 32.9 Å². The van der Waals surface area contributed by atoms with Gasteiger partial charge in [-0.2, -0.15) is 0 Å². The van der Waals surface area contributed by atoms with Gasteiger partial charge in [0.05, 0.1) is 13.7 Å². The van der Waals surface area contributed by atoms with Crippen molar-refractivity contribution in [2.24, 2.45) is 0 Å². The Balaban J connectivity index is 1.88. The van der Waals surface area contributed by atoms with Crippen LogP contribution in [0.2, 0.25) is 18.1 Å². The Morgan fingerprint density at radius 3 is 2.24 bits per heavy atom. The van der Waals surface area contributed by atoms with Crippen LogP contribution in [0.15, 0.2) is 24.3 Å². The highest BCUT2D eigenvalue weighted by Gasteiger charge is 2.54. The third-order valence-corrected chi connectivity index (χ3v) is 10.8. The largest absolute Gasteiger partial charge is 0.497 e. The number of aliphatic hydroxyl groups excluding tert-OH is 1. The highest BCUT2D eigenvalue weighted by molar-refractivity contribution is 6.74. The molecule has 2 fully saturated rings. The second kappa shape index (κ2) is 7.94. The molecule has 0 unspecified atom stereocenters. The maximum Gasteiger partial charge on any atom is 0.192 e. The second-order valence-electron chi connectivity index (χ2n) is 9.99. The van der Waals surface area contributed by atoms with Crippen LogP contribution in [0.5, 0.6) is 5.75 Å². The van der Waals surface area contributed by atoms with E-state index in [9.17, 15) is 5.11 Å². The van der Waals surface area contributed by atoms with Gasteiger partial charge in [-0.25, -0.2) is 0 Å². The fraction of sp³-hybridized carbons (Fsp3) is 0.727. The molecule has 6 nitrogen and oxygen atoms in total. The first kappa shape index (κ1) is 22.7. The summed E-state index contributed by atoms with van der Waals surface area (Å²) >= 11 is 0. The maximum absolute atomic E-state index is 11.3. The molecular formula is C22H36O6Si. The zero-order valence-electron chi connectivity index (χ0n) is 18.9. The van der Waals surface area contributed by atoms with Crippen LogP contribution in [0.1, 0.15) is 46.3 Å². The first-order valence-corrected chi connectivity index (χ1v) is 13.2. The van der Waals surface area contributed by atoms with E-state index in [4.69, 9.17) is 23.4 Å². The Morgan fingerprint density at radius 2 is 1.76 bits per heavy atom. The fourth-order valence-electron chi connectivity index (χ4n) is 3.59. The van der Waals surface area contributed by atoms with Gasteiger partial charge >= 0.3 is 0 Å². The molecule has 164 valence electrons. The summed E-state index contributed by atoms with van der Waals surface area (Å²) in [6.45, 7) is 15.1. The van der Waals surface area contributed by atoms with E-state index in [1.807, 2.05) is 38.1 Å². The molecule has 2 aliphatic rings. The monoisotopic (exact) mass is 424 g/mol. The van der Waals surface area contributed by atoms with Crippen LogP contribution < -0.4 is 4.74 Å². The molecule has 1 aromatic rings. The van der Waals surface area contributed by atoms with E-state index in [1.54, 1.807) is 7.11 Å². The lowest BCUT2D eigenvalue weighted by molar-refractivity contribution is -0.160. The van der Waals surface area contributed by atoms with E-state index in [1.165, 1.54) is 0 Å². The van der Waals surface area contributed by atoms with Crippen LogP contribution in [0.25, 0.3) is 0 Å². The molecule has 3 rings (SSSR count). The van der Waals surface area contributed by atoms with Gasteiger partial charge in [0.1, 0.15) is 36.3 Å². The van der Waals surface area contributed by atoms with Gasteiger partial charge in [0.2, 0.25) is 0 Å². The fourth-order valence-corrected chi connectivity index (χ4v) is 4.90. The van der Waals surface area contributed by atoms with Gasteiger partial charge in [-0.05, 0) is 49.7 Å². The number of methoxy groups -OCH3 is 1. The van der Waals surface area contributed by atoms with Crippen molar-refractivity contribution in [2.75, 3.05) is 13.7 Å². The predicted molar refractivity (Wildman–Crippen MR) is 114 cm³/mol. The standard InChI is InChI=1S/C22H36O6Si/c1-21(2,3)29(7,8)28-20-17(23)18(14-9-11-15(24-6)12-10-14)26-19(20)16-13-25-22(4,5)27-16/h9-12,16-20,23H,13H2,1-8H3/t16-,17+,18+,19-,20-/m1/s1. The summed E-state index contributed by atoms with van der Waals surface area (Å²) in [5.41, 5.74) is 0.891. The van der Waals surface area contributed by atoms with Crippen LogP contribution >= 0.6 is 0 Å². The smallest absolute Gasteiger partial charge is 0.192 e. The summed E-state index contributed by atoms with van der Waals surface area (Å²) in [5, 5.41) is 11.3. The first-order valence-electron chi connectivity index (χ1n) is 10.3. The van der Waals surface area contributed by atoms with E-state index in [0.29, 0.717) is 6.61 Å². The van der Waals surface area contributed by atoms with Crippen LogP contribution in [0.4, 0.5) is 0 Å². The minimum Gasteiger partial charge on any atom is -0.497 e. The molecule has 1 N–H and O–H groups in total. The number of aliphatic hydroxyl groups is 1. The highest BCUT2D eigenvalue weighted by Crippen LogP contribution is 2.44. The van der Waals surface area contributed by atoms with E-state index < -0.39 is 38.5 Å². The van der Waals surface area contributed by atoms with Crippen molar-refractivity contribution in [3.8, 4) is 5.75 Å². The number of rotatable bonds is 5. The Labute approximate surface area is 175 Å². The first-order chi connectivity index (χ1) is 13.3. The zero-order chi connectivity index (χ0) is 21.6. The summed E-state index contributed by atoms with van der Waals surface area (Å²) < 4.78 is 30.2. The summed E-state index contributed by atoms with van der Waals surface area (Å²) in [6.07, 6.45) is -2.47. The number of benzene rings is 1. The number of ether oxygens (including phenoxy) is 4. The minimum absolute atomic E-state index is 0.0156. The molecule has 0 saturated carbocycles. The van der Waals surface area contributed by atoms with E-state index >= 15 is 0 Å². The van der Waals surface area contributed by atoms with E-state index in [-0.39, 0.29) is 11.1 Å². The van der Waals surface area contributed by atoms with Crippen molar-refractivity contribution in [3.05, 3.63) is 29.8 Å². The summed E-state index contributed by atoms with van der Waals surface area (Å²) in [4.78, 5) is 0. The molecule has 7 heteroatoms. The molecular weight excluding hydrogens is 388 g/mol. The van der Waals surface area contributed by atoms with Crippen molar-refractivity contribution >= 4 is 8.32 Å². The van der Waals surface area contributed by atoms with Crippen molar-refractivity contribution in [1.82, 2.24) is 0 Å². The molecule has 2 aliphatic heterocycles. The molecule has 1 aromatic carbocycles. The van der Waals surface area contributed by atoms with Crippen LogP contribution in [-0.2, 0) is 18.6 Å². The molecule has 0 aromatic heterocycles. The zero-order valence-corrected chi connectivity index (χ0v) is 19.9. The highest BCUT2D eigenvalue weighted by atomic mass is 28.4. The van der Waals surface area contributed by atoms with Crippen molar-refractivity contribution < 1.29 is 28.5 Å². The lowest BCUT2D eigenvalue weighted by atomic mass is 10.00. The van der Waals surface area contributed by atoms with Crippen LogP contribution in [0.3, 0.4) is 0 Å². The summed E-state index contributed by atoms with van der Waals surface area (Å²) in [6, 6.07) is 7.60. The SMILES string of the molecule is COc1ccc([C@@H]2O[C@H]([C@H]3COC(C)(C)O3)[C@H](O[Si](C)(C)C(C)(C)C)[C@H]2O)cc1. The molecule has 0 radical (unpaired) electrons. The normalized spacial score (nSPS) is 32.5. The van der Waals surface area contributed by atoms with Crippen LogP contribution in [-0.4, -0.2) is 57.3 Å². The quantitative estimate of drug-likeness (QED) is 0.720. The summed E-state index contributed by atoms with van der Waals surface area (Å²) in [7, 11) is -0.509. The van der Waals surface area contributed by atoms with Crippen molar-refractivity contribution in [2.45, 2.75) is 89.1 Å². The third-order valence-electron chi connectivity index (χ3n) is 6.35. The lowest BCUT2D eigenvalue weighted by Crippen LogP contribution is -2.51. The van der Waals surface area contributed by atoms with Gasteiger partial charge in [0.15, 0.2) is 14.1 Å². The van der Waals surface area contributed by atoms with Gasteiger partial charge in [0.25, 0.3) is 0 Å². The van der Waals surface area contributed by atoms with Gasteiger partial charge in [0, 0.05) is 0 Å². The maximum atomic E-state index is 11.3. The van der Waals surface area contributed by atoms with Gasteiger partial charge in [-0.15, -0.1) is 0 Å². The molecule has 5 atom stereocenters. The molecule has 0 amide bonds. The molecule has 0 spiro atoms. The Morgan fingerprint density at radius 1 is 1.14 bits per heavy atom. The lowest BCUT2D eigenvalue weighted by Gasteiger charge is -2.40. The molecule has 29 heavy (non-hydrogen) atoms. The van der Waals surface area contributed by atoms with E-state index in [0.717, 1.165) is 11.3 Å². The molecule has 2 heterocycles.